The van der Waals surface area contributed by atoms with Crippen LogP contribution in [0.25, 0.3) is 11.3 Å². The minimum absolute atomic E-state index is 0.118. The molecular weight excluding hydrogens is 384 g/mol. The molecule has 0 aliphatic carbocycles. The van der Waals surface area contributed by atoms with Gasteiger partial charge in [-0.1, -0.05) is 29.8 Å². The SMILES string of the molecule is O=C(COc1ccccc1)NC(=S)NCc1ccc(-c2ccc(Cl)cc2)o1. The highest BCUT2D eigenvalue weighted by Crippen LogP contribution is 2.23. The van der Waals surface area contributed by atoms with Crippen LogP contribution in [0.1, 0.15) is 5.76 Å². The number of carbonyl (C=O) groups excluding carboxylic acids is 1. The van der Waals surface area contributed by atoms with E-state index in [0.29, 0.717) is 23.1 Å². The summed E-state index contributed by atoms with van der Waals surface area (Å²) in [6, 6.07) is 20.2. The van der Waals surface area contributed by atoms with Gasteiger partial charge in [-0.15, -0.1) is 0 Å². The number of furan rings is 1. The molecule has 1 heterocycles. The third-order valence-corrected chi connectivity index (χ3v) is 4.08. The second kappa shape index (κ2) is 9.21. The average molecular weight is 401 g/mol. The molecule has 0 radical (unpaired) electrons. The van der Waals surface area contributed by atoms with E-state index >= 15 is 0 Å². The van der Waals surface area contributed by atoms with Gasteiger partial charge in [0.05, 0.1) is 6.54 Å². The molecule has 0 saturated heterocycles. The molecule has 0 saturated carbocycles. The molecule has 0 spiro atoms. The largest absolute Gasteiger partial charge is 0.484 e. The number of rotatable bonds is 6. The number of nitrogens with one attached hydrogen (secondary N) is 2. The van der Waals surface area contributed by atoms with Crippen LogP contribution in [-0.2, 0) is 11.3 Å². The number of amides is 1. The van der Waals surface area contributed by atoms with Crippen LogP contribution in [0, 0.1) is 0 Å². The van der Waals surface area contributed by atoms with Crippen LogP contribution in [0.5, 0.6) is 5.75 Å². The van der Waals surface area contributed by atoms with Gasteiger partial charge in [-0.05, 0) is 60.7 Å². The molecule has 0 fully saturated rings. The van der Waals surface area contributed by atoms with Crippen molar-refractivity contribution in [3.63, 3.8) is 0 Å². The molecule has 7 heteroatoms. The number of hydrogen-bond acceptors (Lipinski definition) is 4. The number of hydrogen-bond donors (Lipinski definition) is 2. The van der Waals surface area contributed by atoms with Crippen molar-refractivity contribution in [3.8, 4) is 17.1 Å². The minimum Gasteiger partial charge on any atom is -0.484 e. The zero-order valence-electron chi connectivity index (χ0n) is 14.3. The second-order valence-electron chi connectivity index (χ2n) is 5.61. The lowest BCUT2D eigenvalue weighted by atomic mass is 10.2. The fourth-order valence-electron chi connectivity index (χ4n) is 2.28. The molecule has 5 nitrogen and oxygen atoms in total. The summed E-state index contributed by atoms with van der Waals surface area (Å²) < 4.78 is 11.1. The van der Waals surface area contributed by atoms with Crippen LogP contribution < -0.4 is 15.4 Å². The highest BCUT2D eigenvalue weighted by atomic mass is 35.5. The predicted octanol–water partition coefficient (Wildman–Crippen LogP) is 4.17. The van der Waals surface area contributed by atoms with Crippen LogP contribution in [-0.4, -0.2) is 17.6 Å². The number of ether oxygens (including phenoxy) is 1. The highest BCUT2D eigenvalue weighted by Gasteiger charge is 2.08. The Balaban J connectivity index is 1.44. The molecule has 0 aliphatic heterocycles. The van der Waals surface area contributed by atoms with Crippen molar-refractivity contribution in [2.75, 3.05) is 6.61 Å². The molecule has 0 unspecified atom stereocenters. The summed E-state index contributed by atoms with van der Waals surface area (Å²) in [4.78, 5) is 11.9. The van der Waals surface area contributed by atoms with Crippen LogP contribution in [0.15, 0.2) is 71.1 Å². The standard InChI is InChI=1S/C20H17ClN2O3S/c21-15-8-6-14(7-9-15)18-11-10-17(26-18)12-22-20(27)23-19(24)13-25-16-4-2-1-3-5-16/h1-11H,12-13H2,(H2,22,23,24,27). The normalized spacial score (nSPS) is 10.3. The third-order valence-electron chi connectivity index (χ3n) is 3.58. The van der Waals surface area contributed by atoms with Gasteiger partial charge in [0.25, 0.3) is 5.91 Å². The molecule has 2 aromatic carbocycles. The molecule has 2 N–H and O–H groups in total. The Morgan fingerprint density at radius 3 is 2.52 bits per heavy atom. The maximum absolute atomic E-state index is 11.9. The van der Waals surface area contributed by atoms with Gasteiger partial charge >= 0.3 is 0 Å². The summed E-state index contributed by atoms with van der Waals surface area (Å²) in [5, 5.41) is 6.38. The topological polar surface area (TPSA) is 63.5 Å². The molecule has 3 aromatic rings. The molecule has 0 aliphatic rings. The highest BCUT2D eigenvalue weighted by molar-refractivity contribution is 7.80. The lowest BCUT2D eigenvalue weighted by Crippen LogP contribution is -2.41. The molecule has 27 heavy (non-hydrogen) atoms. The van der Waals surface area contributed by atoms with E-state index in [9.17, 15) is 4.79 Å². The van der Waals surface area contributed by atoms with E-state index in [-0.39, 0.29) is 17.6 Å². The maximum atomic E-state index is 11.9. The van der Waals surface area contributed by atoms with Crippen LogP contribution in [0.2, 0.25) is 5.02 Å². The van der Waals surface area contributed by atoms with E-state index in [1.54, 1.807) is 24.3 Å². The molecular formula is C20H17ClN2O3S. The Bertz CT molecular complexity index is 910. The third kappa shape index (κ3) is 5.84. The van der Waals surface area contributed by atoms with Gasteiger partial charge in [0.1, 0.15) is 17.3 Å². The van der Waals surface area contributed by atoms with Gasteiger partial charge in [0.2, 0.25) is 0 Å². The van der Waals surface area contributed by atoms with E-state index in [1.807, 2.05) is 42.5 Å². The Kier molecular flexibility index (Phi) is 6.46. The van der Waals surface area contributed by atoms with Crippen LogP contribution in [0.3, 0.4) is 0 Å². The molecule has 3 rings (SSSR count). The smallest absolute Gasteiger partial charge is 0.264 e. The summed E-state index contributed by atoms with van der Waals surface area (Å²) in [6.45, 7) is 0.236. The van der Waals surface area contributed by atoms with Gasteiger partial charge in [0.15, 0.2) is 11.7 Å². The zero-order chi connectivity index (χ0) is 19.1. The van der Waals surface area contributed by atoms with E-state index in [2.05, 4.69) is 10.6 Å². The van der Waals surface area contributed by atoms with Gasteiger partial charge in [-0.3, -0.25) is 4.79 Å². The summed E-state index contributed by atoms with van der Waals surface area (Å²) in [6.07, 6.45) is 0. The number of benzene rings is 2. The number of thiocarbonyl (C=S) groups is 1. The first-order chi connectivity index (χ1) is 13.1. The van der Waals surface area contributed by atoms with Crippen molar-refractivity contribution in [1.82, 2.24) is 10.6 Å². The van der Waals surface area contributed by atoms with Gasteiger partial charge in [-0.25, -0.2) is 0 Å². The Morgan fingerprint density at radius 1 is 1.04 bits per heavy atom. The summed E-state index contributed by atoms with van der Waals surface area (Å²) in [5.41, 5.74) is 0.930. The van der Waals surface area contributed by atoms with Crippen molar-refractivity contribution in [1.29, 1.82) is 0 Å². The maximum Gasteiger partial charge on any atom is 0.264 e. The lowest BCUT2D eigenvalue weighted by Gasteiger charge is -2.09. The first-order valence-corrected chi connectivity index (χ1v) is 8.99. The second-order valence-corrected chi connectivity index (χ2v) is 6.45. The minimum atomic E-state index is -0.336. The first kappa shape index (κ1) is 18.9. The van der Waals surface area contributed by atoms with Crippen molar-refractivity contribution < 1.29 is 13.9 Å². The van der Waals surface area contributed by atoms with E-state index in [0.717, 1.165) is 11.3 Å². The van der Waals surface area contributed by atoms with Crippen molar-refractivity contribution in [3.05, 3.63) is 77.5 Å². The molecule has 138 valence electrons. The molecule has 0 atom stereocenters. The Morgan fingerprint density at radius 2 is 1.78 bits per heavy atom. The Hall–Kier alpha value is -2.83. The van der Waals surface area contributed by atoms with Gasteiger partial charge < -0.3 is 19.8 Å². The number of para-hydroxylation sites is 1. The predicted molar refractivity (Wildman–Crippen MR) is 109 cm³/mol. The lowest BCUT2D eigenvalue weighted by molar-refractivity contribution is -0.121. The molecule has 0 bridgehead atoms. The van der Waals surface area contributed by atoms with Crippen LogP contribution >= 0.6 is 23.8 Å². The average Bonchev–Trinajstić information content (AvgIpc) is 3.15. The van der Waals surface area contributed by atoms with Crippen molar-refractivity contribution in [2.45, 2.75) is 6.54 Å². The monoisotopic (exact) mass is 400 g/mol. The molecule has 1 aromatic heterocycles. The number of carbonyl (C=O) groups is 1. The fourth-order valence-corrected chi connectivity index (χ4v) is 2.59. The van der Waals surface area contributed by atoms with Crippen molar-refractivity contribution >= 4 is 34.8 Å². The van der Waals surface area contributed by atoms with E-state index < -0.39 is 0 Å². The van der Waals surface area contributed by atoms with Crippen molar-refractivity contribution in [2.24, 2.45) is 0 Å². The summed E-state index contributed by atoms with van der Waals surface area (Å²) in [5.74, 6) is 1.71. The van der Waals surface area contributed by atoms with E-state index in [4.69, 9.17) is 33.0 Å². The van der Waals surface area contributed by atoms with Gasteiger partial charge in [-0.2, -0.15) is 0 Å². The molecule has 1 amide bonds. The zero-order valence-corrected chi connectivity index (χ0v) is 15.8. The van der Waals surface area contributed by atoms with Gasteiger partial charge in [0, 0.05) is 10.6 Å². The van der Waals surface area contributed by atoms with Crippen LogP contribution in [0.4, 0.5) is 0 Å². The van der Waals surface area contributed by atoms with E-state index in [1.165, 1.54) is 0 Å². The number of halogens is 1. The summed E-state index contributed by atoms with van der Waals surface area (Å²) >= 11 is 11.0. The quantitative estimate of drug-likeness (QED) is 0.608. The summed E-state index contributed by atoms with van der Waals surface area (Å²) in [7, 11) is 0. The first-order valence-electron chi connectivity index (χ1n) is 8.20. The Labute approximate surface area is 167 Å². The fraction of sp³-hybridized carbons (Fsp3) is 0.100.